The molecule has 0 radical (unpaired) electrons. The Balaban J connectivity index is 1.23. The Kier molecular flexibility index (Phi) is 5.37. The average molecular weight is 419 g/mol. The predicted octanol–water partition coefficient (Wildman–Crippen LogP) is 5.70. The third-order valence-electron chi connectivity index (χ3n) is 5.47. The van der Waals surface area contributed by atoms with Gasteiger partial charge in [0.25, 0.3) is 5.91 Å². The first-order chi connectivity index (χ1) is 15.8. The van der Waals surface area contributed by atoms with Crippen LogP contribution in [0.5, 0.6) is 0 Å². The lowest BCUT2D eigenvalue weighted by molar-refractivity contribution is 0.0955. The SMILES string of the molecule is O=C(N/N=C/c1c[nH]c2c1ccc1ccccc12)c1ccc(NCc2ccccc2)cc1. The number of nitrogens with one attached hydrogen (secondary N) is 3. The summed E-state index contributed by atoms with van der Waals surface area (Å²) in [5.74, 6) is -0.249. The number of hydrazone groups is 1. The molecular weight excluding hydrogens is 396 g/mol. The number of rotatable bonds is 6. The molecular formula is C27H22N4O. The van der Waals surface area contributed by atoms with Crippen LogP contribution in [0.3, 0.4) is 0 Å². The molecule has 32 heavy (non-hydrogen) atoms. The molecule has 5 aromatic rings. The van der Waals surface area contributed by atoms with Gasteiger partial charge in [-0.2, -0.15) is 5.10 Å². The van der Waals surface area contributed by atoms with Gasteiger partial charge in [0.2, 0.25) is 0 Å². The van der Waals surface area contributed by atoms with Crippen molar-refractivity contribution in [2.24, 2.45) is 5.10 Å². The first kappa shape index (κ1) is 19.6. The van der Waals surface area contributed by atoms with Crippen LogP contribution in [0.15, 0.2) is 102 Å². The van der Waals surface area contributed by atoms with Crippen molar-refractivity contribution in [2.75, 3.05) is 5.32 Å². The molecule has 0 saturated heterocycles. The number of carbonyl (C=O) groups excluding carboxylic acids is 1. The summed E-state index contributed by atoms with van der Waals surface area (Å²) in [4.78, 5) is 15.8. The molecule has 0 saturated carbocycles. The highest BCUT2D eigenvalue weighted by atomic mass is 16.2. The number of aromatic amines is 1. The van der Waals surface area contributed by atoms with E-state index in [1.165, 1.54) is 10.9 Å². The third kappa shape index (κ3) is 4.09. The molecule has 5 heteroatoms. The van der Waals surface area contributed by atoms with Crippen LogP contribution in [0.2, 0.25) is 0 Å². The van der Waals surface area contributed by atoms with Crippen LogP contribution in [0.1, 0.15) is 21.5 Å². The molecule has 1 aromatic heterocycles. The molecule has 3 N–H and O–H groups in total. The van der Waals surface area contributed by atoms with Gasteiger partial charge in [0.15, 0.2) is 0 Å². The van der Waals surface area contributed by atoms with Gasteiger partial charge in [0.1, 0.15) is 0 Å². The number of amides is 1. The Morgan fingerprint density at radius 2 is 1.62 bits per heavy atom. The Bertz CT molecular complexity index is 1400. The molecule has 5 nitrogen and oxygen atoms in total. The van der Waals surface area contributed by atoms with E-state index in [0.717, 1.165) is 34.1 Å². The molecule has 0 atom stereocenters. The first-order valence-corrected chi connectivity index (χ1v) is 10.5. The van der Waals surface area contributed by atoms with Crippen LogP contribution in [-0.4, -0.2) is 17.1 Å². The molecule has 156 valence electrons. The maximum atomic E-state index is 12.4. The van der Waals surface area contributed by atoms with Gasteiger partial charge in [-0.3, -0.25) is 4.79 Å². The highest BCUT2D eigenvalue weighted by molar-refractivity contribution is 6.11. The van der Waals surface area contributed by atoms with Gasteiger partial charge >= 0.3 is 0 Å². The minimum absolute atomic E-state index is 0.249. The van der Waals surface area contributed by atoms with Crippen molar-refractivity contribution in [1.82, 2.24) is 10.4 Å². The van der Waals surface area contributed by atoms with E-state index in [2.05, 4.69) is 57.2 Å². The molecule has 0 spiro atoms. The molecule has 0 fully saturated rings. The quantitative estimate of drug-likeness (QED) is 0.245. The monoisotopic (exact) mass is 418 g/mol. The van der Waals surface area contributed by atoms with E-state index >= 15 is 0 Å². The fourth-order valence-electron chi connectivity index (χ4n) is 3.77. The molecule has 0 aliphatic rings. The number of benzene rings is 4. The number of nitrogens with zero attached hydrogens (tertiary/aromatic N) is 1. The summed E-state index contributed by atoms with van der Waals surface area (Å²) in [6.45, 7) is 0.733. The lowest BCUT2D eigenvalue weighted by Crippen LogP contribution is -2.17. The molecule has 0 aliphatic carbocycles. The van der Waals surface area contributed by atoms with Crippen molar-refractivity contribution in [3.63, 3.8) is 0 Å². The summed E-state index contributed by atoms with van der Waals surface area (Å²) in [7, 11) is 0. The molecule has 0 bridgehead atoms. The smallest absolute Gasteiger partial charge is 0.271 e. The molecule has 1 amide bonds. The minimum Gasteiger partial charge on any atom is -0.381 e. The maximum absolute atomic E-state index is 12.4. The summed E-state index contributed by atoms with van der Waals surface area (Å²) < 4.78 is 0. The van der Waals surface area contributed by atoms with E-state index in [9.17, 15) is 4.79 Å². The minimum atomic E-state index is -0.249. The molecule has 0 unspecified atom stereocenters. The lowest BCUT2D eigenvalue weighted by atomic mass is 10.1. The zero-order valence-corrected chi connectivity index (χ0v) is 17.4. The third-order valence-corrected chi connectivity index (χ3v) is 5.47. The number of hydrogen-bond acceptors (Lipinski definition) is 3. The molecule has 5 rings (SSSR count). The van der Waals surface area contributed by atoms with E-state index in [-0.39, 0.29) is 5.91 Å². The van der Waals surface area contributed by atoms with Gasteiger partial charge in [0.05, 0.1) is 11.7 Å². The topological polar surface area (TPSA) is 69.3 Å². The summed E-state index contributed by atoms with van der Waals surface area (Å²) >= 11 is 0. The normalized spacial score (nSPS) is 11.2. The second-order valence-electron chi connectivity index (χ2n) is 7.57. The second-order valence-corrected chi connectivity index (χ2v) is 7.57. The first-order valence-electron chi connectivity index (χ1n) is 10.5. The summed E-state index contributed by atoms with van der Waals surface area (Å²) in [6, 6.07) is 29.9. The van der Waals surface area contributed by atoms with E-state index < -0.39 is 0 Å². The van der Waals surface area contributed by atoms with Crippen LogP contribution >= 0.6 is 0 Å². The number of hydrogen-bond donors (Lipinski definition) is 3. The van der Waals surface area contributed by atoms with Crippen LogP contribution in [0, 0.1) is 0 Å². The summed E-state index contributed by atoms with van der Waals surface area (Å²) in [5, 5.41) is 10.9. The molecule has 0 aliphatic heterocycles. The number of aromatic nitrogens is 1. The van der Waals surface area contributed by atoms with Gasteiger partial charge < -0.3 is 10.3 Å². The summed E-state index contributed by atoms with van der Waals surface area (Å²) in [6.07, 6.45) is 3.57. The number of H-pyrrole nitrogens is 1. The van der Waals surface area contributed by atoms with Crippen molar-refractivity contribution < 1.29 is 4.79 Å². The average Bonchev–Trinajstić information content (AvgIpc) is 3.27. The van der Waals surface area contributed by atoms with Gasteiger partial charge in [-0.15, -0.1) is 0 Å². The van der Waals surface area contributed by atoms with Crippen LogP contribution < -0.4 is 10.7 Å². The van der Waals surface area contributed by atoms with Gasteiger partial charge in [0, 0.05) is 40.3 Å². The lowest BCUT2D eigenvalue weighted by Gasteiger charge is -2.07. The highest BCUT2D eigenvalue weighted by Crippen LogP contribution is 2.26. The summed E-state index contributed by atoms with van der Waals surface area (Å²) in [5.41, 5.74) is 7.31. The maximum Gasteiger partial charge on any atom is 0.271 e. The molecule has 4 aromatic carbocycles. The van der Waals surface area contributed by atoms with Gasteiger partial charge in [-0.1, -0.05) is 66.7 Å². The standard InChI is InChI=1S/C27H22N4O/c32-27(21-10-13-23(14-11-21)28-16-19-6-2-1-3-7-19)31-30-18-22-17-29-26-24-9-5-4-8-20(24)12-15-25(22)26/h1-15,17-18,28-29H,16H2,(H,31,32)/b30-18+. The van der Waals surface area contributed by atoms with Crippen molar-refractivity contribution in [3.05, 3.63) is 114 Å². The Labute approximate surface area is 185 Å². The van der Waals surface area contributed by atoms with Crippen molar-refractivity contribution in [2.45, 2.75) is 6.54 Å². The Morgan fingerprint density at radius 1 is 0.844 bits per heavy atom. The van der Waals surface area contributed by atoms with Gasteiger partial charge in [-0.05, 0) is 35.2 Å². The predicted molar refractivity (Wildman–Crippen MR) is 131 cm³/mol. The second kappa shape index (κ2) is 8.78. The van der Waals surface area contributed by atoms with Crippen molar-refractivity contribution in [3.8, 4) is 0 Å². The van der Waals surface area contributed by atoms with E-state index in [1.807, 2.05) is 48.7 Å². The van der Waals surface area contributed by atoms with E-state index in [4.69, 9.17) is 0 Å². The fourth-order valence-corrected chi connectivity index (χ4v) is 3.77. The molecule has 1 heterocycles. The van der Waals surface area contributed by atoms with Gasteiger partial charge in [-0.25, -0.2) is 5.43 Å². The van der Waals surface area contributed by atoms with E-state index in [1.54, 1.807) is 18.3 Å². The number of fused-ring (bicyclic) bond motifs is 3. The van der Waals surface area contributed by atoms with Crippen LogP contribution in [-0.2, 0) is 6.54 Å². The zero-order chi connectivity index (χ0) is 21.8. The zero-order valence-electron chi connectivity index (χ0n) is 17.4. The van der Waals surface area contributed by atoms with Crippen LogP contribution in [0.25, 0.3) is 21.7 Å². The van der Waals surface area contributed by atoms with E-state index in [0.29, 0.717) is 5.56 Å². The Morgan fingerprint density at radius 3 is 2.47 bits per heavy atom. The largest absolute Gasteiger partial charge is 0.381 e. The Hall–Kier alpha value is -4.38. The van der Waals surface area contributed by atoms with Crippen molar-refractivity contribution in [1.29, 1.82) is 0 Å². The van der Waals surface area contributed by atoms with Crippen molar-refractivity contribution >= 4 is 39.5 Å². The number of anilines is 1. The fraction of sp³-hybridized carbons (Fsp3) is 0.0370. The highest BCUT2D eigenvalue weighted by Gasteiger charge is 2.07. The van der Waals surface area contributed by atoms with Crippen LogP contribution in [0.4, 0.5) is 5.69 Å². The number of carbonyl (C=O) groups is 1.